The van der Waals surface area contributed by atoms with E-state index in [-0.39, 0.29) is 6.42 Å². The molecule has 22 heavy (non-hydrogen) atoms. The maximum absolute atomic E-state index is 12.0. The van der Waals surface area contributed by atoms with Crippen LogP contribution in [0.5, 0.6) is 0 Å². The third-order valence-electron chi connectivity index (χ3n) is 3.58. The monoisotopic (exact) mass is 369 g/mol. The molecule has 120 valence electrons. The van der Waals surface area contributed by atoms with Crippen molar-refractivity contribution in [2.45, 2.75) is 38.2 Å². The van der Waals surface area contributed by atoms with Crippen molar-refractivity contribution in [2.24, 2.45) is 0 Å². The molecule has 1 heterocycles. The molecule has 0 spiro atoms. The Morgan fingerprint density at radius 2 is 1.82 bits per heavy atom. The Balaban J connectivity index is 2.13. The van der Waals surface area contributed by atoms with Gasteiger partial charge in [-0.1, -0.05) is 28.1 Å². The minimum absolute atomic E-state index is 0.00602. The van der Waals surface area contributed by atoms with E-state index in [1.165, 1.54) is 0 Å². The first-order chi connectivity index (χ1) is 10.1. The smallest absolute Gasteiger partial charge is 0.410 e. The molecule has 1 aliphatic rings. The van der Waals surface area contributed by atoms with E-state index in [0.717, 1.165) is 10.0 Å². The lowest BCUT2D eigenvalue weighted by Crippen LogP contribution is -2.62. The molecule has 1 amide bonds. The number of hydrogen-bond acceptors (Lipinski definition) is 3. The molecule has 2 rings (SSSR count). The Hall–Kier alpha value is -1.56. The van der Waals surface area contributed by atoms with Crippen molar-refractivity contribution in [3.8, 4) is 0 Å². The minimum atomic E-state index is -0.869. The Bertz CT molecular complexity index is 571. The Morgan fingerprint density at radius 1 is 1.27 bits per heavy atom. The van der Waals surface area contributed by atoms with Crippen molar-refractivity contribution < 1.29 is 19.4 Å². The second-order valence-corrected chi connectivity index (χ2v) is 7.61. The first-order valence-corrected chi connectivity index (χ1v) is 7.86. The molecule has 0 aliphatic carbocycles. The summed E-state index contributed by atoms with van der Waals surface area (Å²) in [6.45, 7) is 6.14. The average Bonchev–Trinajstić information content (AvgIpc) is 2.31. The Morgan fingerprint density at radius 3 is 2.27 bits per heavy atom. The summed E-state index contributed by atoms with van der Waals surface area (Å²) in [6.07, 6.45) is -0.404. The third kappa shape index (κ3) is 3.80. The predicted octanol–water partition coefficient (Wildman–Crippen LogP) is 3.41. The lowest BCUT2D eigenvalue weighted by molar-refractivity contribution is -0.140. The number of carboxylic acids is 1. The van der Waals surface area contributed by atoms with Crippen LogP contribution in [-0.4, -0.2) is 40.8 Å². The molecule has 0 aromatic heterocycles. The van der Waals surface area contributed by atoms with E-state index < -0.39 is 23.1 Å². The fourth-order valence-corrected chi connectivity index (χ4v) is 2.89. The number of benzene rings is 1. The number of hydrogen-bond donors (Lipinski definition) is 1. The van der Waals surface area contributed by atoms with Crippen LogP contribution in [0.2, 0.25) is 0 Å². The molecule has 1 aliphatic heterocycles. The molecule has 1 saturated heterocycles. The molecule has 1 N–H and O–H groups in total. The maximum atomic E-state index is 12.0. The summed E-state index contributed by atoms with van der Waals surface area (Å²) < 4.78 is 6.26. The molecule has 0 bridgehead atoms. The number of amides is 1. The zero-order chi connectivity index (χ0) is 16.5. The van der Waals surface area contributed by atoms with Gasteiger partial charge < -0.3 is 14.7 Å². The first-order valence-electron chi connectivity index (χ1n) is 7.07. The van der Waals surface area contributed by atoms with Crippen molar-refractivity contribution in [1.29, 1.82) is 0 Å². The normalized spacial score (nSPS) is 16.8. The van der Waals surface area contributed by atoms with E-state index in [1.807, 2.05) is 45.0 Å². The summed E-state index contributed by atoms with van der Waals surface area (Å²) in [6, 6.07) is 7.57. The van der Waals surface area contributed by atoms with Gasteiger partial charge in [-0.05, 0) is 38.5 Å². The van der Waals surface area contributed by atoms with Gasteiger partial charge >= 0.3 is 12.1 Å². The van der Waals surface area contributed by atoms with Crippen LogP contribution in [0.15, 0.2) is 28.7 Å². The molecule has 1 aromatic rings. The van der Waals surface area contributed by atoms with Gasteiger partial charge in [-0.3, -0.25) is 4.79 Å². The minimum Gasteiger partial charge on any atom is -0.481 e. The molecule has 0 radical (unpaired) electrons. The highest BCUT2D eigenvalue weighted by Crippen LogP contribution is 2.39. The number of carbonyl (C=O) groups excluding carboxylic acids is 1. The van der Waals surface area contributed by atoms with Crippen LogP contribution < -0.4 is 0 Å². The zero-order valence-electron chi connectivity index (χ0n) is 12.9. The van der Waals surface area contributed by atoms with E-state index in [2.05, 4.69) is 15.9 Å². The fourth-order valence-electron chi connectivity index (χ4n) is 2.63. The van der Waals surface area contributed by atoms with Crippen LogP contribution in [0, 0.1) is 0 Å². The highest BCUT2D eigenvalue weighted by Gasteiger charge is 2.49. The van der Waals surface area contributed by atoms with Gasteiger partial charge in [0, 0.05) is 23.0 Å². The van der Waals surface area contributed by atoms with Gasteiger partial charge in [0.05, 0.1) is 6.42 Å². The van der Waals surface area contributed by atoms with E-state index in [9.17, 15) is 14.7 Å². The summed E-state index contributed by atoms with van der Waals surface area (Å²) in [4.78, 5) is 24.8. The summed E-state index contributed by atoms with van der Waals surface area (Å²) in [7, 11) is 0. The van der Waals surface area contributed by atoms with Gasteiger partial charge in [-0.2, -0.15) is 0 Å². The third-order valence-corrected chi connectivity index (χ3v) is 4.11. The predicted molar refractivity (Wildman–Crippen MR) is 85.9 cm³/mol. The number of nitrogens with zero attached hydrogens (tertiary/aromatic N) is 1. The van der Waals surface area contributed by atoms with E-state index in [0.29, 0.717) is 13.1 Å². The van der Waals surface area contributed by atoms with Gasteiger partial charge in [0.1, 0.15) is 5.60 Å². The first kappa shape index (κ1) is 16.8. The molecule has 1 fully saturated rings. The molecule has 0 atom stereocenters. The summed E-state index contributed by atoms with van der Waals surface area (Å²) in [5.41, 5.74) is -0.165. The van der Waals surface area contributed by atoms with Crippen LogP contribution >= 0.6 is 15.9 Å². The standard InChI is InChI=1S/C16H20BrNO4/c1-15(2,3)22-14(21)18-9-16(10-18,8-13(19)20)11-4-6-12(17)7-5-11/h4-7H,8-10H2,1-3H3,(H,19,20). The molecular formula is C16H20BrNO4. The maximum Gasteiger partial charge on any atom is 0.410 e. The molecule has 1 aromatic carbocycles. The van der Waals surface area contributed by atoms with Crippen LogP contribution in [0.25, 0.3) is 0 Å². The molecule has 5 nitrogen and oxygen atoms in total. The number of likely N-dealkylation sites (tertiary alicyclic amines) is 1. The molecular weight excluding hydrogens is 350 g/mol. The SMILES string of the molecule is CC(C)(C)OC(=O)N1CC(CC(=O)O)(c2ccc(Br)cc2)C1. The summed E-state index contributed by atoms with van der Waals surface area (Å²) >= 11 is 3.37. The number of carbonyl (C=O) groups is 2. The second-order valence-electron chi connectivity index (χ2n) is 6.69. The number of aliphatic carboxylic acids is 1. The zero-order valence-corrected chi connectivity index (χ0v) is 14.5. The van der Waals surface area contributed by atoms with E-state index >= 15 is 0 Å². The van der Waals surface area contributed by atoms with Gasteiger partial charge in [0.15, 0.2) is 0 Å². The van der Waals surface area contributed by atoms with Gasteiger partial charge in [-0.15, -0.1) is 0 Å². The topological polar surface area (TPSA) is 66.8 Å². The number of halogens is 1. The van der Waals surface area contributed by atoms with Crippen LogP contribution in [0.1, 0.15) is 32.8 Å². The molecule has 0 unspecified atom stereocenters. The van der Waals surface area contributed by atoms with Crippen LogP contribution in [0.3, 0.4) is 0 Å². The Labute approximate surface area is 138 Å². The molecule has 0 saturated carbocycles. The molecule has 6 heteroatoms. The van der Waals surface area contributed by atoms with Gasteiger partial charge in [-0.25, -0.2) is 4.79 Å². The van der Waals surface area contributed by atoms with Gasteiger partial charge in [0.2, 0.25) is 0 Å². The van der Waals surface area contributed by atoms with E-state index in [1.54, 1.807) is 4.90 Å². The number of carboxylic acid groups (broad SMARTS) is 1. The van der Waals surface area contributed by atoms with Crippen LogP contribution in [-0.2, 0) is 14.9 Å². The summed E-state index contributed by atoms with van der Waals surface area (Å²) in [5.74, 6) is -0.869. The highest BCUT2D eigenvalue weighted by atomic mass is 79.9. The van der Waals surface area contributed by atoms with Gasteiger partial charge in [0.25, 0.3) is 0 Å². The second kappa shape index (κ2) is 5.91. The Kier molecular flexibility index (Phi) is 4.52. The van der Waals surface area contributed by atoms with Crippen LogP contribution in [0.4, 0.5) is 4.79 Å². The quantitative estimate of drug-likeness (QED) is 0.886. The van der Waals surface area contributed by atoms with Crippen molar-refractivity contribution in [3.63, 3.8) is 0 Å². The van der Waals surface area contributed by atoms with Crippen molar-refractivity contribution >= 4 is 28.0 Å². The lowest BCUT2D eigenvalue weighted by Gasteiger charge is -2.49. The van der Waals surface area contributed by atoms with Crippen molar-refractivity contribution in [3.05, 3.63) is 34.3 Å². The lowest BCUT2D eigenvalue weighted by atomic mass is 9.71. The van der Waals surface area contributed by atoms with Crippen molar-refractivity contribution in [2.75, 3.05) is 13.1 Å². The van der Waals surface area contributed by atoms with Crippen molar-refractivity contribution in [1.82, 2.24) is 4.90 Å². The largest absolute Gasteiger partial charge is 0.481 e. The average molecular weight is 370 g/mol. The summed E-state index contributed by atoms with van der Waals surface area (Å²) in [5, 5.41) is 9.20. The highest BCUT2D eigenvalue weighted by molar-refractivity contribution is 9.10. The van der Waals surface area contributed by atoms with E-state index in [4.69, 9.17) is 4.74 Å². The number of rotatable bonds is 3. The fraction of sp³-hybridized carbons (Fsp3) is 0.500. The number of ether oxygens (including phenoxy) is 1.